The molecule has 3 N–H and O–H groups in total. The molecule has 1 aromatic rings. The van der Waals surface area contributed by atoms with Crippen molar-refractivity contribution in [1.29, 1.82) is 0 Å². The Balaban J connectivity index is 0.00000441. The largest absolute Gasteiger partial charge is 2.00 e. The summed E-state index contributed by atoms with van der Waals surface area (Å²) in [6.07, 6.45) is 5.55. The number of carboxylic acid groups (broad SMARTS) is 1. The van der Waals surface area contributed by atoms with E-state index in [1.807, 2.05) is 19.9 Å². The molecule has 0 radical (unpaired) electrons. The molecule has 1 rings (SSSR count). The van der Waals surface area contributed by atoms with Gasteiger partial charge in [0, 0.05) is 5.56 Å². The van der Waals surface area contributed by atoms with Crippen molar-refractivity contribution in [3.63, 3.8) is 0 Å². The number of unbranched alkanes of at least 4 members (excludes halogenated alkanes) is 2. The van der Waals surface area contributed by atoms with E-state index in [0.717, 1.165) is 24.8 Å². The van der Waals surface area contributed by atoms with Crippen LogP contribution in [0.4, 0.5) is 0 Å². The van der Waals surface area contributed by atoms with Gasteiger partial charge in [-0.2, -0.15) is 0 Å². The van der Waals surface area contributed by atoms with Gasteiger partial charge in [-0.15, -0.1) is 0 Å². The maximum absolute atomic E-state index is 11.4. The fourth-order valence-corrected chi connectivity index (χ4v) is 2.26. The SMILES string of the molecule is CCCCCc1cc(O)c(CC=C(C)C)c(O)c1C(=O)O.[Ca+2]. The van der Waals surface area contributed by atoms with Gasteiger partial charge in [0.2, 0.25) is 0 Å². The zero-order chi connectivity index (χ0) is 16.0. The minimum absolute atomic E-state index is 0. The summed E-state index contributed by atoms with van der Waals surface area (Å²) in [7, 11) is 0. The molecule has 0 aromatic heterocycles. The molecule has 1 aromatic carbocycles. The van der Waals surface area contributed by atoms with Gasteiger partial charge in [-0.05, 0) is 44.7 Å². The average Bonchev–Trinajstić information content (AvgIpc) is 2.37. The van der Waals surface area contributed by atoms with Gasteiger partial charge in [-0.25, -0.2) is 4.79 Å². The smallest absolute Gasteiger partial charge is 0.508 e. The van der Waals surface area contributed by atoms with Crippen LogP contribution in [0.15, 0.2) is 17.7 Å². The number of aryl methyl sites for hydroxylation is 1. The van der Waals surface area contributed by atoms with E-state index in [0.29, 0.717) is 18.4 Å². The minimum atomic E-state index is -1.16. The summed E-state index contributed by atoms with van der Waals surface area (Å²) >= 11 is 0. The Morgan fingerprint density at radius 2 is 1.86 bits per heavy atom. The Labute approximate surface area is 161 Å². The van der Waals surface area contributed by atoms with Crippen molar-refractivity contribution in [1.82, 2.24) is 0 Å². The summed E-state index contributed by atoms with van der Waals surface area (Å²) in [4.78, 5) is 11.4. The van der Waals surface area contributed by atoms with E-state index >= 15 is 0 Å². The van der Waals surface area contributed by atoms with Crippen molar-refractivity contribution in [2.24, 2.45) is 0 Å². The third-order valence-corrected chi connectivity index (χ3v) is 3.44. The number of hydrogen-bond acceptors (Lipinski definition) is 3. The molecule has 0 saturated carbocycles. The number of aromatic carboxylic acids is 1. The normalized spacial score (nSPS) is 9.95. The number of rotatable bonds is 7. The van der Waals surface area contributed by atoms with E-state index in [1.54, 1.807) is 0 Å². The van der Waals surface area contributed by atoms with Crippen LogP contribution in [0.1, 0.15) is 61.5 Å². The molecule has 0 amide bonds. The van der Waals surface area contributed by atoms with Gasteiger partial charge >= 0.3 is 43.7 Å². The van der Waals surface area contributed by atoms with Crippen LogP contribution in [-0.2, 0) is 12.8 Å². The van der Waals surface area contributed by atoms with E-state index in [2.05, 4.69) is 6.92 Å². The number of carbonyl (C=O) groups is 1. The van der Waals surface area contributed by atoms with Crippen molar-refractivity contribution in [3.8, 4) is 11.5 Å². The molecule has 22 heavy (non-hydrogen) atoms. The van der Waals surface area contributed by atoms with Gasteiger partial charge in [0.15, 0.2) is 0 Å². The van der Waals surface area contributed by atoms with Gasteiger partial charge in [-0.3, -0.25) is 0 Å². The van der Waals surface area contributed by atoms with Crippen LogP contribution in [0, 0.1) is 0 Å². The summed E-state index contributed by atoms with van der Waals surface area (Å²) in [5.41, 5.74) is 1.72. The topological polar surface area (TPSA) is 77.8 Å². The molecule has 0 heterocycles. The Morgan fingerprint density at radius 3 is 2.36 bits per heavy atom. The molecule has 0 aliphatic carbocycles. The van der Waals surface area contributed by atoms with Gasteiger partial charge in [-0.1, -0.05) is 31.4 Å². The monoisotopic (exact) mass is 332 g/mol. The molecule has 0 aliphatic heterocycles. The Morgan fingerprint density at radius 1 is 1.23 bits per heavy atom. The summed E-state index contributed by atoms with van der Waals surface area (Å²) < 4.78 is 0. The number of benzene rings is 1. The fourth-order valence-electron chi connectivity index (χ4n) is 2.26. The Bertz CT molecular complexity index is 546. The second kappa shape index (κ2) is 10.1. The average molecular weight is 332 g/mol. The van der Waals surface area contributed by atoms with Gasteiger partial charge in [0.05, 0.1) is 0 Å². The zero-order valence-corrected chi connectivity index (χ0v) is 15.9. The van der Waals surface area contributed by atoms with E-state index < -0.39 is 5.97 Å². The molecule has 0 saturated heterocycles. The van der Waals surface area contributed by atoms with E-state index in [-0.39, 0.29) is 60.4 Å². The van der Waals surface area contributed by atoms with Crippen LogP contribution in [-0.4, -0.2) is 59.0 Å². The maximum Gasteiger partial charge on any atom is 2.00 e. The van der Waals surface area contributed by atoms with Crippen LogP contribution in [0.2, 0.25) is 0 Å². The summed E-state index contributed by atoms with van der Waals surface area (Å²) in [5.74, 6) is -1.51. The molecule has 116 valence electrons. The van der Waals surface area contributed by atoms with Crippen LogP contribution < -0.4 is 0 Å². The molecular formula is C17H24CaO4+2. The van der Waals surface area contributed by atoms with Crippen molar-refractivity contribution in [3.05, 3.63) is 34.4 Å². The number of hydrogen-bond donors (Lipinski definition) is 3. The van der Waals surface area contributed by atoms with E-state index in [1.165, 1.54) is 6.07 Å². The first kappa shape index (κ1) is 21.3. The molecule has 0 bridgehead atoms. The Kier molecular flexibility index (Phi) is 9.81. The van der Waals surface area contributed by atoms with Crippen molar-refractivity contribution < 1.29 is 20.1 Å². The summed E-state index contributed by atoms with van der Waals surface area (Å²) in [5, 5.41) is 29.6. The van der Waals surface area contributed by atoms with Gasteiger partial charge in [0.25, 0.3) is 0 Å². The first-order chi connectivity index (χ1) is 9.88. The zero-order valence-electron chi connectivity index (χ0n) is 13.6. The van der Waals surface area contributed by atoms with Crippen LogP contribution in [0.5, 0.6) is 11.5 Å². The number of carboxylic acids is 1. The molecular weight excluding hydrogens is 308 g/mol. The molecule has 0 atom stereocenters. The summed E-state index contributed by atoms with van der Waals surface area (Å²) in [6, 6.07) is 1.48. The van der Waals surface area contributed by atoms with Crippen molar-refractivity contribution in [2.75, 3.05) is 0 Å². The maximum atomic E-state index is 11.4. The molecule has 4 nitrogen and oxygen atoms in total. The second-order valence-corrected chi connectivity index (χ2v) is 5.50. The van der Waals surface area contributed by atoms with Crippen LogP contribution >= 0.6 is 0 Å². The minimum Gasteiger partial charge on any atom is -0.508 e. The number of phenolic OH excluding ortho intramolecular Hbond substituents is 1. The number of allylic oxidation sites excluding steroid dienone is 2. The fraction of sp³-hybridized carbons (Fsp3) is 0.471. The molecule has 5 heteroatoms. The van der Waals surface area contributed by atoms with Crippen molar-refractivity contribution >= 4 is 43.7 Å². The van der Waals surface area contributed by atoms with Crippen LogP contribution in [0.3, 0.4) is 0 Å². The molecule has 0 spiro atoms. The summed E-state index contributed by atoms with van der Waals surface area (Å²) in [6.45, 7) is 5.88. The molecule has 0 aliphatic rings. The predicted molar refractivity (Wildman–Crippen MR) is 88.8 cm³/mol. The predicted octanol–water partition coefficient (Wildman–Crippen LogP) is 3.66. The quantitative estimate of drug-likeness (QED) is 0.404. The number of phenols is 2. The molecule has 0 fully saturated rings. The van der Waals surface area contributed by atoms with Gasteiger partial charge < -0.3 is 15.3 Å². The Hall–Kier alpha value is -0.710. The third-order valence-electron chi connectivity index (χ3n) is 3.44. The number of aromatic hydroxyl groups is 2. The first-order valence-electron chi connectivity index (χ1n) is 7.31. The first-order valence-corrected chi connectivity index (χ1v) is 7.31. The van der Waals surface area contributed by atoms with Crippen LogP contribution in [0.25, 0.3) is 0 Å². The van der Waals surface area contributed by atoms with E-state index in [9.17, 15) is 20.1 Å². The second-order valence-electron chi connectivity index (χ2n) is 5.50. The third kappa shape index (κ3) is 5.82. The standard InChI is InChI=1S/C17H24O4.Ca/c1-4-5-6-7-12-10-14(18)13(9-8-11(2)3)16(19)15(12)17(20)21;/h8,10,18-19H,4-7,9H2,1-3H3,(H,20,21);/q;+2. The van der Waals surface area contributed by atoms with E-state index in [4.69, 9.17) is 0 Å². The van der Waals surface area contributed by atoms with Gasteiger partial charge in [0.1, 0.15) is 17.1 Å². The molecule has 0 unspecified atom stereocenters. The van der Waals surface area contributed by atoms with Crippen molar-refractivity contribution in [2.45, 2.75) is 52.9 Å².